The Morgan fingerprint density at radius 1 is 0.714 bits per heavy atom. The van der Waals surface area contributed by atoms with E-state index in [0.29, 0.717) is 6.42 Å². The highest BCUT2D eigenvalue weighted by molar-refractivity contribution is 6.65. The molecule has 0 saturated carbocycles. The summed E-state index contributed by atoms with van der Waals surface area (Å²) in [5.74, 6) is -1.37. The topological polar surface area (TPSA) is 82.0 Å². The lowest BCUT2D eigenvalue weighted by atomic mass is 10.0. The monoisotopic (exact) mass is 397 g/mol. The lowest BCUT2D eigenvalue weighted by Crippen LogP contribution is -2.27. The predicted molar refractivity (Wildman–Crippen MR) is 112 cm³/mol. The summed E-state index contributed by atoms with van der Waals surface area (Å²) in [5.41, 5.74) is -0.472. The summed E-state index contributed by atoms with van der Waals surface area (Å²) in [6, 6.07) is 0. The Morgan fingerprint density at radius 3 is 1.61 bits per heavy atom. The van der Waals surface area contributed by atoms with Crippen molar-refractivity contribution in [1.82, 2.24) is 0 Å². The van der Waals surface area contributed by atoms with Crippen molar-refractivity contribution in [1.29, 1.82) is 0 Å². The van der Waals surface area contributed by atoms with Crippen molar-refractivity contribution in [3.05, 3.63) is 0 Å². The van der Waals surface area contributed by atoms with Gasteiger partial charge in [-0.05, 0) is 13.3 Å². The minimum absolute atomic E-state index is 0.129. The van der Waals surface area contributed by atoms with Gasteiger partial charge in [0.2, 0.25) is 0 Å². The molecule has 0 aromatic heterocycles. The molecule has 0 saturated heterocycles. The Bertz CT molecular complexity index is 474. The van der Waals surface area contributed by atoms with E-state index >= 15 is 0 Å². The maximum absolute atomic E-state index is 12.1. The largest absolute Gasteiger partial charge is 0.464 e. The molecule has 1 amide bonds. The predicted octanol–water partition coefficient (Wildman–Crippen LogP) is 5.81. The van der Waals surface area contributed by atoms with Gasteiger partial charge >= 0.3 is 12.1 Å². The van der Waals surface area contributed by atoms with Crippen LogP contribution >= 0.6 is 0 Å². The molecule has 6 nitrogen and oxygen atoms in total. The molecule has 0 radical (unpaired) electrons. The first-order valence-corrected chi connectivity index (χ1v) is 10.9. The van der Waals surface area contributed by atoms with Gasteiger partial charge in [0.05, 0.1) is 13.7 Å². The molecule has 0 N–H and O–H groups in total. The van der Waals surface area contributed by atoms with E-state index in [2.05, 4.69) is 21.4 Å². The number of amides is 1. The first kappa shape index (κ1) is 26.3. The van der Waals surface area contributed by atoms with Crippen molar-refractivity contribution in [3.63, 3.8) is 0 Å². The zero-order chi connectivity index (χ0) is 21.0. The van der Waals surface area contributed by atoms with Crippen LogP contribution in [-0.4, -0.2) is 37.3 Å². The number of hydrogen-bond acceptors (Lipinski definition) is 5. The highest BCUT2D eigenvalue weighted by atomic mass is 16.5. The number of carbonyl (C=O) groups excluding carboxylic acids is 3. The summed E-state index contributed by atoms with van der Waals surface area (Å²) in [6.07, 6.45) is 15.0. The molecule has 162 valence electrons. The summed E-state index contributed by atoms with van der Waals surface area (Å²) in [5, 5.41) is 0. The van der Waals surface area contributed by atoms with E-state index in [9.17, 15) is 14.4 Å². The molecule has 0 aliphatic carbocycles. The van der Waals surface area contributed by atoms with Gasteiger partial charge in [-0.15, -0.1) is 0 Å². The van der Waals surface area contributed by atoms with Crippen LogP contribution in [0.1, 0.15) is 104 Å². The van der Waals surface area contributed by atoms with Gasteiger partial charge in [0, 0.05) is 6.42 Å². The summed E-state index contributed by atoms with van der Waals surface area (Å²) < 4.78 is 9.19. The second kappa shape index (κ2) is 18.6. The van der Waals surface area contributed by atoms with Crippen molar-refractivity contribution < 1.29 is 23.9 Å². The highest BCUT2D eigenvalue weighted by Gasteiger charge is 2.22. The van der Waals surface area contributed by atoms with Crippen molar-refractivity contribution in [2.45, 2.75) is 104 Å². The standard InChI is InChI=1S/C22H39NO5/c1-4-6-7-8-9-10-11-12-13-14-15-16-17-18-19(24)20(21(25)27-3)23-22(26)28-5-2/h4-18H2,1-3H3. The second-order valence-electron chi connectivity index (χ2n) is 7.07. The number of esters is 1. The number of nitrogens with zero attached hydrogens (tertiary/aromatic N) is 1. The molecule has 0 aliphatic heterocycles. The number of carbonyl (C=O) groups is 3. The maximum Gasteiger partial charge on any atom is 0.434 e. The van der Waals surface area contributed by atoms with E-state index in [0.717, 1.165) is 20.0 Å². The lowest BCUT2D eigenvalue weighted by molar-refractivity contribution is -0.133. The average molecular weight is 398 g/mol. The quantitative estimate of drug-likeness (QED) is 0.134. The Kier molecular flexibility index (Phi) is 17.5. The Labute approximate surface area is 170 Å². The fourth-order valence-corrected chi connectivity index (χ4v) is 2.99. The van der Waals surface area contributed by atoms with E-state index in [1.54, 1.807) is 6.92 Å². The van der Waals surface area contributed by atoms with Crippen LogP contribution in [0.2, 0.25) is 0 Å². The van der Waals surface area contributed by atoms with Crippen LogP contribution in [-0.2, 0) is 19.1 Å². The van der Waals surface area contributed by atoms with Gasteiger partial charge in [-0.25, -0.2) is 9.59 Å². The molecule has 0 spiro atoms. The number of ketones is 1. The molecule has 0 atom stereocenters. The molecule has 0 fully saturated rings. The fourth-order valence-electron chi connectivity index (χ4n) is 2.99. The van der Waals surface area contributed by atoms with Gasteiger partial charge in [-0.1, -0.05) is 84.0 Å². The molecular formula is C22H39NO5. The molecule has 28 heavy (non-hydrogen) atoms. The molecule has 0 heterocycles. The van der Waals surface area contributed by atoms with Gasteiger partial charge in [0.15, 0.2) is 11.5 Å². The van der Waals surface area contributed by atoms with Crippen molar-refractivity contribution in [3.8, 4) is 0 Å². The summed E-state index contributed by atoms with van der Waals surface area (Å²) >= 11 is 0. The molecular weight excluding hydrogens is 358 g/mol. The summed E-state index contributed by atoms with van der Waals surface area (Å²) in [4.78, 5) is 38.6. The van der Waals surface area contributed by atoms with E-state index in [4.69, 9.17) is 0 Å². The molecule has 0 aromatic carbocycles. The maximum atomic E-state index is 12.1. The van der Waals surface area contributed by atoms with Crippen molar-refractivity contribution in [2.75, 3.05) is 13.7 Å². The number of Topliss-reactive ketones (excluding diaryl/α,β-unsaturated/α-hetero) is 1. The second-order valence-corrected chi connectivity index (χ2v) is 7.07. The molecule has 0 rings (SSSR count). The smallest absolute Gasteiger partial charge is 0.434 e. The fraction of sp³-hybridized carbons (Fsp3) is 0.818. The molecule has 0 aliphatic rings. The Hall–Kier alpha value is -1.72. The lowest BCUT2D eigenvalue weighted by Gasteiger charge is -2.05. The van der Waals surface area contributed by atoms with Crippen LogP contribution in [0.5, 0.6) is 0 Å². The minimum atomic E-state index is -0.943. The van der Waals surface area contributed by atoms with Gasteiger partial charge in [-0.3, -0.25) is 4.79 Å². The zero-order valence-corrected chi connectivity index (χ0v) is 18.1. The number of methoxy groups -OCH3 is 1. The summed E-state index contributed by atoms with van der Waals surface area (Å²) in [6.45, 7) is 4.00. The number of aliphatic imine (C=N–C) groups is 1. The first-order chi connectivity index (χ1) is 13.6. The third kappa shape index (κ3) is 14.4. The number of hydrogen-bond donors (Lipinski definition) is 0. The Morgan fingerprint density at radius 2 is 1.18 bits per heavy atom. The molecule has 0 unspecified atom stereocenters. The van der Waals surface area contributed by atoms with E-state index in [1.165, 1.54) is 64.2 Å². The van der Waals surface area contributed by atoms with Crippen molar-refractivity contribution >= 4 is 23.6 Å². The molecule has 0 bridgehead atoms. The van der Waals surface area contributed by atoms with Crippen LogP contribution in [0.3, 0.4) is 0 Å². The minimum Gasteiger partial charge on any atom is -0.464 e. The van der Waals surface area contributed by atoms with E-state index < -0.39 is 23.6 Å². The van der Waals surface area contributed by atoms with Crippen LogP contribution < -0.4 is 0 Å². The molecule has 6 heteroatoms. The SMILES string of the molecule is CCCCCCCCCCCCCCCC(=O)C(=NC(=O)OCC)C(=O)OC. The van der Waals surface area contributed by atoms with Crippen LogP contribution in [0.4, 0.5) is 4.79 Å². The third-order valence-electron chi connectivity index (χ3n) is 4.62. The van der Waals surface area contributed by atoms with Crippen LogP contribution in [0.25, 0.3) is 0 Å². The van der Waals surface area contributed by atoms with Gasteiger partial charge in [0.25, 0.3) is 0 Å². The van der Waals surface area contributed by atoms with Crippen LogP contribution in [0.15, 0.2) is 4.99 Å². The zero-order valence-electron chi connectivity index (χ0n) is 18.1. The average Bonchev–Trinajstić information content (AvgIpc) is 2.69. The normalized spacial score (nSPS) is 11.3. The van der Waals surface area contributed by atoms with E-state index in [1.807, 2.05) is 0 Å². The number of rotatable bonds is 17. The van der Waals surface area contributed by atoms with E-state index in [-0.39, 0.29) is 13.0 Å². The van der Waals surface area contributed by atoms with Gasteiger partial charge in [0.1, 0.15) is 0 Å². The third-order valence-corrected chi connectivity index (χ3v) is 4.62. The Balaban J connectivity index is 3.83. The number of ether oxygens (including phenoxy) is 2. The van der Waals surface area contributed by atoms with Crippen molar-refractivity contribution in [2.24, 2.45) is 4.99 Å². The number of unbranched alkanes of at least 4 members (excludes halogenated alkanes) is 12. The van der Waals surface area contributed by atoms with Gasteiger partial charge < -0.3 is 9.47 Å². The summed E-state index contributed by atoms with van der Waals surface area (Å²) in [7, 11) is 1.15. The molecule has 0 aromatic rings. The van der Waals surface area contributed by atoms with Gasteiger partial charge in [-0.2, -0.15) is 4.99 Å². The first-order valence-electron chi connectivity index (χ1n) is 10.9. The van der Waals surface area contributed by atoms with Crippen LogP contribution in [0, 0.1) is 0 Å². The highest BCUT2D eigenvalue weighted by Crippen LogP contribution is 2.13.